The van der Waals surface area contributed by atoms with E-state index in [9.17, 15) is 14.7 Å². The van der Waals surface area contributed by atoms with E-state index in [0.29, 0.717) is 50.9 Å². The number of ether oxygens (including phenoxy) is 1. The fourth-order valence-electron chi connectivity index (χ4n) is 3.96. The van der Waals surface area contributed by atoms with Crippen molar-refractivity contribution in [2.45, 2.75) is 33.0 Å². The number of aliphatic hydroxyl groups excluding tert-OH is 1. The highest BCUT2D eigenvalue weighted by Gasteiger charge is 2.32. The summed E-state index contributed by atoms with van der Waals surface area (Å²) < 4.78 is 5.58. The number of nitrogens with one attached hydrogen (secondary N) is 2. The van der Waals surface area contributed by atoms with E-state index >= 15 is 0 Å². The Kier molecular flexibility index (Phi) is 6.52. The lowest BCUT2D eigenvalue weighted by molar-refractivity contribution is -0.134. The maximum absolute atomic E-state index is 12.1. The Morgan fingerprint density at radius 3 is 2.69 bits per heavy atom. The van der Waals surface area contributed by atoms with Crippen LogP contribution in [0.5, 0.6) is 0 Å². The van der Waals surface area contributed by atoms with Gasteiger partial charge in [0.15, 0.2) is 5.82 Å². The molecule has 0 radical (unpaired) electrons. The molecule has 1 atom stereocenters. The molecule has 10 nitrogen and oxygen atoms in total. The van der Waals surface area contributed by atoms with Gasteiger partial charge >= 0.3 is 6.03 Å². The molecule has 1 saturated heterocycles. The van der Waals surface area contributed by atoms with Gasteiger partial charge in [-0.05, 0) is 38.1 Å². The number of aliphatic hydroxyl groups is 1. The molecule has 0 bridgehead atoms. The Morgan fingerprint density at radius 1 is 1.22 bits per heavy atom. The molecule has 32 heavy (non-hydrogen) atoms. The molecule has 1 fully saturated rings. The molecule has 0 saturated carbocycles. The van der Waals surface area contributed by atoms with E-state index < -0.39 is 6.61 Å². The Bertz CT molecular complexity index is 997. The third-order valence-electron chi connectivity index (χ3n) is 5.63. The van der Waals surface area contributed by atoms with E-state index in [2.05, 4.69) is 22.5 Å². The van der Waals surface area contributed by atoms with Gasteiger partial charge in [0.05, 0.1) is 38.0 Å². The fraction of sp³-hybridized carbons (Fsp3) is 0.455. The van der Waals surface area contributed by atoms with Crippen LogP contribution in [0, 0.1) is 0 Å². The molecule has 10 heteroatoms. The van der Waals surface area contributed by atoms with Crippen LogP contribution in [0.15, 0.2) is 24.3 Å². The minimum absolute atomic E-state index is 0.141. The zero-order chi connectivity index (χ0) is 22.7. The molecule has 0 spiro atoms. The SMILES string of the molecule is CCNC(=O)Nc1ccc(-c2nc3c(c(N4CCOC[C@@H]4C)n2)CN(C(=O)CO)C3)cc1. The standard InChI is InChI=1S/C22H28N6O4/c1-3-23-22(31)24-16-6-4-15(5-7-16)20-25-18-11-27(19(30)12-29)10-17(18)21(26-20)28-8-9-32-13-14(28)2/h4-7,14,29H,3,8-13H2,1-2H3,(H2,23,24,31)/t14-/m0/s1. The lowest BCUT2D eigenvalue weighted by Gasteiger charge is -2.35. The summed E-state index contributed by atoms with van der Waals surface area (Å²) in [5.41, 5.74) is 3.18. The number of urea groups is 1. The molecule has 170 valence electrons. The molecule has 2 aliphatic heterocycles. The average molecular weight is 441 g/mol. The van der Waals surface area contributed by atoms with Crippen LogP contribution in [0.4, 0.5) is 16.3 Å². The number of aromatic nitrogens is 2. The summed E-state index contributed by atoms with van der Waals surface area (Å²) in [5.74, 6) is 1.03. The number of benzene rings is 1. The van der Waals surface area contributed by atoms with E-state index in [1.807, 2.05) is 19.1 Å². The van der Waals surface area contributed by atoms with Crippen LogP contribution in [0.1, 0.15) is 25.1 Å². The highest BCUT2D eigenvalue weighted by Crippen LogP contribution is 2.33. The number of hydrogen-bond donors (Lipinski definition) is 3. The topological polar surface area (TPSA) is 120 Å². The summed E-state index contributed by atoms with van der Waals surface area (Å²) in [6.07, 6.45) is 0. The van der Waals surface area contributed by atoms with Crippen molar-refractivity contribution in [3.05, 3.63) is 35.5 Å². The second kappa shape index (κ2) is 9.49. The molecule has 1 aromatic carbocycles. The Hall–Kier alpha value is -3.24. The third-order valence-corrected chi connectivity index (χ3v) is 5.63. The zero-order valence-corrected chi connectivity index (χ0v) is 18.3. The molecule has 3 N–H and O–H groups in total. The lowest BCUT2D eigenvalue weighted by atomic mass is 10.1. The van der Waals surface area contributed by atoms with Crippen LogP contribution in [-0.2, 0) is 22.6 Å². The zero-order valence-electron chi connectivity index (χ0n) is 18.3. The van der Waals surface area contributed by atoms with Crippen LogP contribution < -0.4 is 15.5 Å². The van der Waals surface area contributed by atoms with Gasteiger partial charge in [-0.3, -0.25) is 4.79 Å². The van der Waals surface area contributed by atoms with Crippen molar-refractivity contribution in [3.8, 4) is 11.4 Å². The lowest BCUT2D eigenvalue weighted by Crippen LogP contribution is -2.44. The van der Waals surface area contributed by atoms with Crippen molar-refractivity contribution in [2.24, 2.45) is 0 Å². The Morgan fingerprint density at radius 2 is 2.00 bits per heavy atom. The summed E-state index contributed by atoms with van der Waals surface area (Å²) in [5, 5.41) is 14.8. The van der Waals surface area contributed by atoms with Gasteiger partial charge in [-0.15, -0.1) is 0 Å². The van der Waals surface area contributed by atoms with Crippen molar-refractivity contribution >= 4 is 23.4 Å². The predicted molar refractivity (Wildman–Crippen MR) is 119 cm³/mol. The number of anilines is 2. The van der Waals surface area contributed by atoms with E-state index in [0.717, 1.165) is 22.6 Å². The molecular formula is C22H28N6O4. The van der Waals surface area contributed by atoms with Gasteiger partial charge in [-0.25, -0.2) is 14.8 Å². The van der Waals surface area contributed by atoms with Crippen molar-refractivity contribution in [3.63, 3.8) is 0 Å². The van der Waals surface area contributed by atoms with Gasteiger partial charge in [0, 0.05) is 29.9 Å². The first-order valence-electron chi connectivity index (χ1n) is 10.8. The highest BCUT2D eigenvalue weighted by molar-refractivity contribution is 5.89. The molecular weight excluding hydrogens is 412 g/mol. The summed E-state index contributed by atoms with van der Waals surface area (Å²) >= 11 is 0. The second-order valence-corrected chi connectivity index (χ2v) is 7.88. The molecule has 0 aliphatic carbocycles. The quantitative estimate of drug-likeness (QED) is 0.642. The number of carbonyl (C=O) groups excluding carboxylic acids is 2. The largest absolute Gasteiger partial charge is 0.387 e. The second-order valence-electron chi connectivity index (χ2n) is 7.88. The molecule has 4 rings (SSSR count). The third kappa shape index (κ3) is 4.51. The van der Waals surface area contributed by atoms with E-state index in [-0.39, 0.29) is 18.0 Å². The minimum Gasteiger partial charge on any atom is -0.387 e. The number of fused-ring (bicyclic) bond motifs is 1. The smallest absolute Gasteiger partial charge is 0.319 e. The molecule has 3 heterocycles. The first-order chi connectivity index (χ1) is 15.5. The van der Waals surface area contributed by atoms with E-state index in [1.165, 1.54) is 0 Å². The number of amides is 3. The van der Waals surface area contributed by atoms with Gasteiger partial charge < -0.3 is 30.3 Å². The molecule has 1 aromatic heterocycles. The highest BCUT2D eigenvalue weighted by atomic mass is 16.5. The van der Waals surface area contributed by atoms with Crippen LogP contribution in [0.2, 0.25) is 0 Å². The normalized spacial score (nSPS) is 17.8. The van der Waals surface area contributed by atoms with Crippen LogP contribution >= 0.6 is 0 Å². The van der Waals surface area contributed by atoms with Crippen molar-refractivity contribution < 1.29 is 19.4 Å². The van der Waals surface area contributed by atoms with Crippen molar-refractivity contribution in [1.82, 2.24) is 20.2 Å². The maximum atomic E-state index is 12.1. The first-order valence-corrected chi connectivity index (χ1v) is 10.8. The summed E-state index contributed by atoms with van der Waals surface area (Å²) in [6, 6.07) is 7.22. The number of hydrogen-bond acceptors (Lipinski definition) is 7. The maximum Gasteiger partial charge on any atom is 0.319 e. The first kappa shape index (κ1) is 22.0. The van der Waals surface area contributed by atoms with Gasteiger partial charge in [0.25, 0.3) is 0 Å². The molecule has 2 aromatic rings. The minimum atomic E-state index is -0.530. The Labute approximate surface area is 186 Å². The van der Waals surface area contributed by atoms with E-state index in [4.69, 9.17) is 14.7 Å². The molecule has 3 amide bonds. The van der Waals surface area contributed by atoms with Crippen LogP contribution in [0.25, 0.3) is 11.4 Å². The monoisotopic (exact) mass is 440 g/mol. The summed E-state index contributed by atoms with van der Waals surface area (Å²) in [4.78, 5) is 37.3. The predicted octanol–water partition coefficient (Wildman–Crippen LogP) is 1.34. The van der Waals surface area contributed by atoms with E-state index in [1.54, 1.807) is 17.0 Å². The average Bonchev–Trinajstić information content (AvgIpc) is 3.23. The Balaban J connectivity index is 1.67. The van der Waals surface area contributed by atoms with Gasteiger partial charge in [0.2, 0.25) is 5.91 Å². The van der Waals surface area contributed by atoms with Gasteiger partial charge in [-0.2, -0.15) is 0 Å². The van der Waals surface area contributed by atoms with Crippen molar-refractivity contribution in [1.29, 1.82) is 0 Å². The van der Waals surface area contributed by atoms with Crippen LogP contribution in [-0.4, -0.2) is 70.9 Å². The van der Waals surface area contributed by atoms with Gasteiger partial charge in [-0.1, -0.05) is 0 Å². The van der Waals surface area contributed by atoms with Gasteiger partial charge in [0.1, 0.15) is 12.4 Å². The fourth-order valence-corrected chi connectivity index (χ4v) is 3.96. The number of morpholine rings is 1. The molecule has 2 aliphatic rings. The van der Waals surface area contributed by atoms with Crippen LogP contribution in [0.3, 0.4) is 0 Å². The number of nitrogens with zero attached hydrogens (tertiary/aromatic N) is 4. The summed E-state index contributed by atoms with van der Waals surface area (Å²) in [7, 11) is 0. The summed E-state index contributed by atoms with van der Waals surface area (Å²) in [6.45, 7) is 6.59. The van der Waals surface area contributed by atoms with Crippen molar-refractivity contribution in [2.75, 3.05) is 43.1 Å². The number of rotatable bonds is 5. The molecule has 0 unspecified atom stereocenters. The number of carbonyl (C=O) groups is 2.